The van der Waals surface area contributed by atoms with Crippen molar-refractivity contribution in [2.45, 2.75) is 37.7 Å². The lowest BCUT2D eigenvalue weighted by Crippen LogP contribution is -2.39. The van der Waals surface area contributed by atoms with Gasteiger partial charge in [-0.05, 0) is 19.4 Å². The second kappa shape index (κ2) is 7.07. The van der Waals surface area contributed by atoms with E-state index in [1.165, 1.54) is 21.1 Å². The van der Waals surface area contributed by atoms with Crippen molar-refractivity contribution in [1.82, 2.24) is 0 Å². The average Bonchev–Trinajstić information content (AvgIpc) is 2.39. The Kier molecular flexibility index (Phi) is 6.03. The Labute approximate surface area is 117 Å². The fraction of sp³-hybridized carbons (Fsp3) is 0.692. The van der Waals surface area contributed by atoms with Gasteiger partial charge in [0.2, 0.25) is 0 Å². The third kappa shape index (κ3) is 4.06. The van der Waals surface area contributed by atoms with E-state index in [1.54, 1.807) is 13.0 Å². The fourth-order valence-corrected chi connectivity index (χ4v) is 2.95. The maximum Gasteiger partial charge on any atom is 0.335 e. The topological polar surface area (TPSA) is 61.8 Å². The van der Waals surface area contributed by atoms with Crippen molar-refractivity contribution in [2.24, 2.45) is 0 Å². The smallest absolute Gasteiger partial charge is 0.335 e. The number of ether oxygens (including phenoxy) is 3. The first-order valence-corrected chi connectivity index (χ1v) is 7.03. The molecule has 0 aromatic heterocycles. The fourth-order valence-electron chi connectivity index (χ4n) is 2.02. The summed E-state index contributed by atoms with van der Waals surface area (Å²) in [7, 11) is 3.06. The van der Waals surface area contributed by atoms with Crippen molar-refractivity contribution in [2.75, 3.05) is 20.8 Å². The number of hydrogen-bond donors (Lipinski definition) is 0. The summed E-state index contributed by atoms with van der Waals surface area (Å²) in [6, 6.07) is 0. The molecule has 0 aromatic carbocycles. The highest BCUT2D eigenvalue weighted by Crippen LogP contribution is 2.37. The van der Waals surface area contributed by atoms with Gasteiger partial charge in [-0.15, -0.1) is 0 Å². The number of carbonyl (C=O) groups excluding carboxylic acids is 2. The molecule has 108 valence electrons. The molecule has 0 amide bonds. The van der Waals surface area contributed by atoms with E-state index in [1.807, 2.05) is 0 Å². The molecule has 1 aliphatic carbocycles. The van der Waals surface area contributed by atoms with Crippen LogP contribution in [0.1, 0.15) is 26.7 Å². The van der Waals surface area contributed by atoms with E-state index < -0.39 is 11.8 Å². The van der Waals surface area contributed by atoms with Crippen LogP contribution in [0.4, 0.5) is 0 Å². The van der Waals surface area contributed by atoms with Crippen LogP contribution in [0.5, 0.6) is 0 Å². The van der Waals surface area contributed by atoms with Gasteiger partial charge in [0.1, 0.15) is 0 Å². The first kappa shape index (κ1) is 16.2. The van der Waals surface area contributed by atoms with Crippen molar-refractivity contribution in [3.8, 4) is 0 Å². The highest BCUT2D eigenvalue weighted by atomic mass is 32.2. The van der Waals surface area contributed by atoms with Crippen molar-refractivity contribution in [1.29, 1.82) is 0 Å². The summed E-state index contributed by atoms with van der Waals surface area (Å²) in [6.45, 7) is 3.52. The highest BCUT2D eigenvalue weighted by Gasteiger charge is 2.38. The molecular formula is C13H20O5S. The van der Waals surface area contributed by atoms with Gasteiger partial charge in [0.05, 0.1) is 12.2 Å². The zero-order valence-corrected chi connectivity index (χ0v) is 12.5. The van der Waals surface area contributed by atoms with Crippen LogP contribution in [0.25, 0.3) is 0 Å². The van der Waals surface area contributed by atoms with Crippen molar-refractivity contribution in [3.05, 3.63) is 11.6 Å². The van der Waals surface area contributed by atoms with E-state index in [2.05, 4.69) is 0 Å². The number of hydrogen-bond acceptors (Lipinski definition) is 6. The van der Waals surface area contributed by atoms with Gasteiger partial charge in [0.25, 0.3) is 0 Å². The largest absolute Gasteiger partial charge is 0.463 e. The van der Waals surface area contributed by atoms with Crippen LogP contribution in [0.15, 0.2) is 11.6 Å². The van der Waals surface area contributed by atoms with Crippen molar-refractivity contribution < 1.29 is 23.8 Å². The van der Waals surface area contributed by atoms with Crippen LogP contribution in [-0.2, 0) is 23.8 Å². The van der Waals surface area contributed by atoms with Gasteiger partial charge in [0.15, 0.2) is 10.9 Å². The molecular weight excluding hydrogens is 268 g/mol. The van der Waals surface area contributed by atoms with E-state index >= 15 is 0 Å². The molecule has 19 heavy (non-hydrogen) atoms. The van der Waals surface area contributed by atoms with E-state index in [0.717, 1.165) is 11.8 Å². The molecule has 1 aliphatic rings. The number of rotatable bonds is 5. The lowest BCUT2D eigenvalue weighted by Gasteiger charge is -2.35. The number of esters is 1. The second-order valence-corrected chi connectivity index (χ2v) is 5.56. The maximum absolute atomic E-state index is 12.0. The monoisotopic (exact) mass is 288 g/mol. The number of thioether (sulfide) groups is 1. The van der Waals surface area contributed by atoms with Gasteiger partial charge in [0, 0.05) is 32.8 Å². The Morgan fingerprint density at radius 3 is 2.53 bits per heavy atom. The second-order valence-electron chi connectivity index (χ2n) is 4.18. The van der Waals surface area contributed by atoms with Crippen LogP contribution in [0, 0.1) is 0 Å². The van der Waals surface area contributed by atoms with Gasteiger partial charge in [-0.3, -0.25) is 4.79 Å². The molecule has 0 heterocycles. The predicted octanol–water partition coefficient (Wildman–Crippen LogP) is 1.91. The third-order valence-electron chi connectivity index (χ3n) is 2.99. The van der Waals surface area contributed by atoms with Gasteiger partial charge >= 0.3 is 5.97 Å². The molecule has 0 saturated carbocycles. The summed E-state index contributed by atoms with van der Waals surface area (Å²) in [5.74, 6) is -1.32. The molecule has 0 N–H and O–H groups in total. The highest BCUT2D eigenvalue weighted by molar-refractivity contribution is 8.14. The predicted molar refractivity (Wildman–Crippen MR) is 72.8 cm³/mol. The lowest BCUT2D eigenvalue weighted by atomic mass is 9.94. The van der Waals surface area contributed by atoms with Crippen LogP contribution < -0.4 is 0 Å². The molecule has 6 heteroatoms. The summed E-state index contributed by atoms with van der Waals surface area (Å²) < 4.78 is 15.7. The number of methoxy groups -OCH3 is 2. The Morgan fingerprint density at radius 2 is 2.05 bits per heavy atom. The molecule has 1 unspecified atom stereocenters. The zero-order chi connectivity index (χ0) is 14.5. The molecule has 0 saturated heterocycles. The first-order chi connectivity index (χ1) is 8.98. The minimum absolute atomic E-state index is 0.0254. The summed E-state index contributed by atoms with van der Waals surface area (Å²) in [5.41, 5.74) is 0.442. The Bertz CT molecular complexity index is 373. The van der Waals surface area contributed by atoms with E-state index in [4.69, 9.17) is 14.2 Å². The third-order valence-corrected chi connectivity index (χ3v) is 4.09. The maximum atomic E-state index is 12.0. The summed E-state index contributed by atoms with van der Waals surface area (Å²) in [5, 5.41) is -0.225. The van der Waals surface area contributed by atoms with Gasteiger partial charge < -0.3 is 14.2 Å². The van der Waals surface area contributed by atoms with E-state index in [9.17, 15) is 9.59 Å². The minimum Gasteiger partial charge on any atom is -0.463 e. The Morgan fingerprint density at radius 1 is 1.42 bits per heavy atom. The molecule has 1 atom stereocenters. The van der Waals surface area contributed by atoms with Gasteiger partial charge in [-0.1, -0.05) is 11.8 Å². The van der Waals surface area contributed by atoms with Crippen LogP contribution >= 0.6 is 11.8 Å². The first-order valence-electron chi connectivity index (χ1n) is 6.15. The van der Waals surface area contributed by atoms with Gasteiger partial charge in [-0.25, -0.2) is 4.79 Å². The Balaban J connectivity index is 3.04. The normalized spacial score (nSPS) is 21.7. The molecule has 0 spiro atoms. The molecule has 0 bridgehead atoms. The lowest BCUT2D eigenvalue weighted by molar-refractivity contribution is -0.178. The molecule has 1 rings (SSSR count). The summed E-state index contributed by atoms with van der Waals surface area (Å²) >= 11 is 1.14. The van der Waals surface area contributed by atoms with E-state index in [-0.39, 0.29) is 10.4 Å². The van der Waals surface area contributed by atoms with Gasteiger partial charge in [-0.2, -0.15) is 0 Å². The minimum atomic E-state index is -0.907. The van der Waals surface area contributed by atoms with Crippen LogP contribution in [0.2, 0.25) is 0 Å². The van der Waals surface area contributed by atoms with E-state index in [0.29, 0.717) is 25.0 Å². The van der Waals surface area contributed by atoms with Crippen LogP contribution in [0.3, 0.4) is 0 Å². The molecule has 0 fully saturated rings. The SMILES string of the molecule is CCOC(=O)C1=CC(OC)(OC)CCC1SC(C)=O. The molecule has 0 aliphatic heterocycles. The quantitative estimate of drug-likeness (QED) is 0.569. The molecule has 0 aromatic rings. The average molecular weight is 288 g/mol. The van der Waals surface area contributed by atoms with Crippen molar-refractivity contribution >= 4 is 22.8 Å². The zero-order valence-electron chi connectivity index (χ0n) is 11.7. The molecule has 5 nitrogen and oxygen atoms in total. The standard InChI is InChI=1S/C13H20O5S/c1-5-18-12(15)10-8-13(16-3,17-4)7-6-11(10)19-9(2)14/h8,11H,5-7H2,1-4H3. The Hall–Kier alpha value is -0.850. The summed E-state index contributed by atoms with van der Waals surface area (Å²) in [6.07, 6.45) is 2.85. The summed E-state index contributed by atoms with van der Waals surface area (Å²) in [4.78, 5) is 23.2. The van der Waals surface area contributed by atoms with Crippen LogP contribution in [-0.4, -0.2) is 42.9 Å². The number of carbonyl (C=O) groups is 2. The molecule has 0 radical (unpaired) electrons. The van der Waals surface area contributed by atoms with Crippen molar-refractivity contribution in [3.63, 3.8) is 0 Å².